The van der Waals surface area contributed by atoms with E-state index in [4.69, 9.17) is 23.2 Å². The van der Waals surface area contributed by atoms with Gasteiger partial charge >= 0.3 is 0 Å². The predicted octanol–water partition coefficient (Wildman–Crippen LogP) is 4.21. The summed E-state index contributed by atoms with van der Waals surface area (Å²) in [6.07, 6.45) is 5.20. The summed E-state index contributed by atoms with van der Waals surface area (Å²) in [7, 11) is 0. The summed E-state index contributed by atoms with van der Waals surface area (Å²) in [6, 6.07) is 8.94. The molecule has 1 aromatic heterocycles. The van der Waals surface area contributed by atoms with Crippen LogP contribution in [0.4, 0.5) is 5.69 Å². The lowest BCUT2D eigenvalue weighted by Gasteiger charge is -2.07. The third-order valence-corrected chi connectivity index (χ3v) is 3.24. The minimum atomic E-state index is -0.0450. The lowest BCUT2D eigenvalue weighted by atomic mass is 10.2. The Morgan fingerprint density at radius 3 is 2.63 bits per heavy atom. The van der Waals surface area contributed by atoms with Gasteiger partial charge in [0.1, 0.15) is 0 Å². The predicted molar refractivity (Wildman–Crippen MR) is 78.8 cm³/mol. The van der Waals surface area contributed by atoms with Gasteiger partial charge in [0, 0.05) is 30.4 Å². The van der Waals surface area contributed by atoms with Crippen molar-refractivity contribution in [2.75, 3.05) is 5.32 Å². The Morgan fingerprint density at radius 2 is 1.95 bits per heavy atom. The summed E-state index contributed by atoms with van der Waals surface area (Å²) >= 11 is 11.8. The van der Waals surface area contributed by atoms with E-state index in [9.17, 15) is 4.79 Å². The third kappa shape index (κ3) is 4.30. The van der Waals surface area contributed by atoms with Gasteiger partial charge in [-0.15, -0.1) is 0 Å². The fraction of sp³-hybridized carbons (Fsp3) is 0.214. The molecule has 1 amide bonds. The van der Waals surface area contributed by atoms with Crippen LogP contribution in [0.3, 0.4) is 0 Å². The van der Waals surface area contributed by atoms with E-state index in [-0.39, 0.29) is 5.91 Å². The molecule has 1 heterocycles. The molecule has 2 aromatic rings. The largest absolute Gasteiger partial charge is 0.354 e. The molecule has 0 saturated heterocycles. The van der Waals surface area contributed by atoms with Crippen LogP contribution in [0.15, 0.2) is 42.7 Å². The Kier molecular flexibility index (Phi) is 4.88. The van der Waals surface area contributed by atoms with Crippen LogP contribution < -0.4 is 5.32 Å². The molecule has 0 aliphatic heterocycles. The molecule has 1 aromatic carbocycles. The van der Waals surface area contributed by atoms with Crippen molar-refractivity contribution in [3.63, 3.8) is 0 Å². The van der Waals surface area contributed by atoms with Crippen molar-refractivity contribution in [3.8, 4) is 0 Å². The number of carbonyl (C=O) groups excluding carboxylic acids is 1. The average Bonchev–Trinajstić information content (AvgIpc) is 2.86. The highest BCUT2D eigenvalue weighted by Gasteiger charge is 2.06. The van der Waals surface area contributed by atoms with Gasteiger partial charge in [0.15, 0.2) is 0 Å². The molecule has 0 aliphatic rings. The number of hydrogen-bond acceptors (Lipinski definition) is 1. The smallest absolute Gasteiger partial charge is 0.224 e. The van der Waals surface area contributed by atoms with Gasteiger partial charge in [-0.2, -0.15) is 0 Å². The number of amides is 1. The molecule has 0 atom stereocenters. The summed E-state index contributed by atoms with van der Waals surface area (Å²) in [4.78, 5) is 11.8. The number of carbonyl (C=O) groups is 1. The summed E-state index contributed by atoms with van der Waals surface area (Å²) < 4.78 is 2.04. The van der Waals surface area contributed by atoms with Crippen molar-refractivity contribution in [1.82, 2.24) is 4.57 Å². The second-order valence-corrected chi connectivity index (χ2v) is 5.04. The number of hydrogen-bond donors (Lipinski definition) is 1. The highest BCUT2D eigenvalue weighted by Crippen LogP contribution is 2.25. The van der Waals surface area contributed by atoms with Gasteiger partial charge in [0.05, 0.1) is 10.7 Å². The highest BCUT2D eigenvalue weighted by atomic mass is 35.5. The molecule has 0 bridgehead atoms. The minimum Gasteiger partial charge on any atom is -0.354 e. The van der Waals surface area contributed by atoms with Crippen LogP contribution in [-0.4, -0.2) is 10.5 Å². The summed E-state index contributed by atoms with van der Waals surface area (Å²) in [5, 5.41) is 3.78. The fourth-order valence-electron chi connectivity index (χ4n) is 1.74. The van der Waals surface area contributed by atoms with Crippen molar-refractivity contribution >= 4 is 34.8 Å². The Morgan fingerprint density at radius 1 is 1.21 bits per heavy atom. The third-order valence-electron chi connectivity index (χ3n) is 2.69. The van der Waals surface area contributed by atoms with Gasteiger partial charge < -0.3 is 9.88 Å². The first-order chi connectivity index (χ1) is 9.15. The monoisotopic (exact) mass is 296 g/mol. The zero-order valence-corrected chi connectivity index (χ0v) is 11.8. The normalized spacial score (nSPS) is 10.4. The first kappa shape index (κ1) is 14.0. The Labute approximate surface area is 122 Å². The number of rotatable bonds is 5. The van der Waals surface area contributed by atoms with E-state index in [1.807, 2.05) is 29.1 Å². The maximum absolute atomic E-state index is 11.8. The van der Waals surface area contributed by atoms with E-state index in [1.165, 1.54) is 0 Å². The minimum absolute atomic E-state index is 0.0450. The van der Waals surface area contributed by atoms with E-state index in [2.05, 4.69) is 5.32 Å². The van der Waals surface area contributed by atoms with E-state index in [0.29, 0.717) is 22.2 Å². The molecule has 0 unspecified atom stereocenters. The van der Waals surface area contributed by atoms with Crippen LogP contribution in [0, 0.1) is 0 Å². The molecular formula is C14H14Cl2N2O. The number of nitrogens with zero attached hydrogens (tertiary/aromatic N) is 1. The van der Waals surface area contributed by atoms with E-state index in [0.717, 1.165) is 13.0 Å². The lowest BCUT2D eigenvalue weighted by molar-refractivity contribution is -0.116. The van der Waals surface area contributed by atoms with Gasteiger partial charge in [-0.25, -0.2) is 0 Å². The zero-order valence-electron chi connectivity index (χ0n) is 10.3. The van der Waals surface area contributed by atoms with Crippen LogP contribution in [-0.2, 0) is 11.3 Å². The van der Waals surface area contributed by atoms with Crippen molar-refractivity contribution < 1.29 is 4.79 Å². The topological polar surface area (TPSA) is 34.0 Å². The molecule has 0 saturated carbocycles. The molecule has 0 fully saturated rings. The van der Waals surface area contributed by atoms with Crippen molar-refractivity contribution in [1.29, 1.82) is 0 Å². The standard InChI is InChI=1S/C14H14Cl2N2O/c15-11-5-6-13(12(16)10-11)17-14(19)4-3-9-18-7-1-2-8-18/h1-2,5-8,10H,3-4,9H2,(H,17,19). The van der Waals surface area contributed by atoms with Gasteiger partial charge in [-0.1, -0.05) is 23.2 Å². The zero-order chi connectivity index (χ0) is 13.7. The van der Waals surface area contributed by atoms with E-state index in [1.54, 1.807) is 18.2 Å². The molecule has 1 N–H and O–H groups in total. The van der Waals surface area contributed by atoms with Gasteiger partial charge in [0.25, 0.3) is 0 Å². The number of nitrogens with one attached hydrogen (secondary N) is 1. The first-order valence-corrected chi connectivity index (χ1v) is 6.76. The molecule has 0 spiro atoms. The fourth-order valence-corrected chi connectivity index (χ4v) is 2.20. The number of halogens is 2. The van der Waals surface area contributed by atoms with E-state index < -0.39 is 0 Å². The molecule has 5 heteroatoms. The van der Waals surface area contributed by atoms with Gasteiger partial charge in [-0.05, 0) is 36.8 Å². The molecular weight excluding hydrogens is 283 g/mol. The molecule has 100 valence electrons. The second-order valence-electron chi connectivity index (χ2n) is 4.20. The second kappa shape index (κ2) is 6.64. The SMILES string of the molecule is O=C(CCCn1cccc1)Nc1ccc(Cl)cc1Cl. The number of anilines is 1. The maximum Gasteiger partial charge on any atom is 0.224 e. The highest BCUT2D eigenvalue weighted by molar-refractivity contribution is 6.36. The van der Waals surface area contributed by atoms with Crippen LogP contribution in [0.5, 0.6) is 0 Å². The van der Waals surface area contributed by atoms with E-state index >= 15 is 0 Å². The first-order valence-electron chi connectivity index (χ1n) is 6.01. The van der Waals surface area contributed by atoms with Crippen molar-refractivity contribution in [3.05, 3.63) is 52.8 Å². The Hall–Kier alpha value is -1.45. The molecule has 3 nitrogen and oxygen atoms in total. The van der Waals surface area contributed by atoms with Crippen LogP contribution in [0.25, 0.3) is 0 Å². The number of aryl methyl sites for hydroxylation is 1. The summed E-state index contributed by atoms with van der Waals surface area (Å²) in [5.74, 6) is -0.0450. The van der Waals surface area contributed by atoms with Gasteiger partial charge in [0.2, 0.25) is 5.91 Å². The molecule has 2 rings (SSSR count). The van der Waals surface area contributed by atoms with Crippen molar-refractivity contribution in [2.45, 2.75) is 19.4 Å². The summed E-state index contributed by atoms with van der Waals surface area (Å²) in [6.45, 7) is 0.828. The summed E-state index contributed by atoms with van der Waals surface area (Å²) in [5.41, 5.74) is 0.594. The number of aromatic nitrogens is 1. The molecule has 19 heavy (non-hydrogen) atoms. The van der Waals surface area contributed by atoms with Crippen LogP contribution >= 0.6 is 23.2 Å². The molecule has 0 aliphatic carbocycles. The molecule has 0 radical (unpaired) electrons. The quantitative estimate of drug-likeness (QED) is 0.881. The Balaban J connectivity index is 1.80. The maximum atomic E-state index is 11.8. The lowest BCUT2D eigenvalue weighted by Crippen LogP contribution is -2.12. The average molecular weight is 297 g/mol. The van der Waals surface area contributed by atoms with Crippen molar-refractivity contribution in [2.24, 2.45) is 0 Å². The van der Waals surface area contributed by atoms with Crippen LogP contribution in [0.2, 0.25) is 10.0 Å². The van der Waals surface area contributed by atoms with Crippen LogP contribution in [0.1, 0.15) is 12.8 Å². The van der Waals surface area contributed by atoms with Gasteiger partial charge in [-0.3, -0.25) is 4.79 Å². The Bertz CT molecular complexity index is 553. The number of benzene rings is 1.